The highest BCUT2D eigenvalue weighted by Crippen LogP contribution is 1.98. The van der Waals surface area contributed by atoms with E-state index >= 15 is 0 Å². The summed E-state index contributed by atoms with van der Waals surface area (Å²) in [6.45, 7) is 6.21. The molecule has 3 heteroatoms. The number of hydrogen-bond acceptors (Lipinski definition) is 2. The average molecular weight is 267 g/mol. The molecule has 0 aromatic heterocycles. The van der Waals surface area contributed by atoms with Crippen molar-refractivity contribution in [2.75, 3.05) is 19.8 Å². The van der Waals surface area contributed by atoms with E-state index in [4.69, 9.17) is 4.74 Å². The molecule has 3 nitrogen and oxygen atoms in total. The van der Waals surface area contributed by atoms with Crippen LogP contribution in [-0.2, 0) is 9.53 Å². The molecule has 0 aliphatic carbocycles. The van der Waals surface area contributed by atoms with Gasteiger partial charge in [-0.2, -0.15) is 0 Å². The molecule has 0 aliphatic heterocycles. The summed E-state index contributed by atoms with van der Waals surface area (Å²) >= 11 is 0. The van der Waals surface area contributed by atoms with Crippen LogP contribution in [0.5, 0.6) is 0 Å². The number of amides is 1. The van der Waals surface area contributed by atoms with Crippen LogP contribution < -0.4 is 5.32 Å². The van der Waals surface area contributed by atoms with Crippen molar-refractivity contribution in [1.82, 2.24) is 5.32 Å². The first-order valence-corrected chi connectivity index (χ1v) is 7.45. The van der Waals surface area contributed by atoms with Gasteiger partial charge in [0.1, 0.15) is 0 Å². The summed E-state index contributed by atoms with van der Waals surface area (Å²) in [5.41, 5.74) is 0. The van der Waals surface area contributed by atoms with Crippen molar-refractivity contribution in [3.63, 3.8) is 0 Å². The first-order valence-electron chi connectivity index (χ1n) is 7.45. The van der Waals surface area contributed by atoms with Crippen LogP contribution in [0.1, 0.15) is 52.4 Å². The molecular formula is C16H29NO2. The van der Waals surface area contributed by atoms with E-state index < -0.39 is 0 Å². The molecule has 0 heterocycles. The summed E-state index contributed by atoms with van der Waals surface area (Å²) in [5.74, 6) is 0.124. The molecule has 0 atom stereocenters. The van der Waals surface area contributed by atoms with Crippen molar-refractivity contribution in [2.24, 2.45) is 0 Å². The summed E-state index contributed by atoms with van der Waals surface area (Å²) in [5, 5.41) is 2.86. The van der Waals surface area contributed by atoms with Crippen LogP contribution in [-0.4, -0.2) is 25.7 Å². The monoisotopic (exact) mass is 267 g/mol. The van der Waals surface area contributed by atoms with Gasteiger partial charge in [-0.25, -0.2) is 0 Å². The van der Waals surface area contributed by atoms with Crippen molar-refractivity contribution < 1.29 is 9.53 Å². The van der Waals surface area contributed by atoms with Crippen LogP contribution in [0, 0.1) is 0 Å². The molecule has 0 aromatic carbocycles. The second-order valence-electron chi connectivity index (χ2n) is 4.44. The highest BCUT2D eigenvalue weighted by atomic mass is 16.5. The lowest BCUT2D eigenvalue weighted by Crippen LogP contribution is -2.26. The van der Waals surface area contributed by atoms with Crippen molar-refractivity contribution >= 4 is 5.91 Å². The number of carbonyl (C=O) groups excluding carboxylic acids is 1. The smallest absolute Gasteiger partial charge is 0.220 e. The molecule has 0 fully saturated rings. The molecule has 110 valence electrons. The van der Waals surface area contributed by atoms with Gasteiger partial charge in [0, 0.05) is 19.6 Å². The van der Waals surface area contributed by atoms with Crippen LogP contribution in [0.2, 0.25) is 0 Å². The van der Waals surface area contributed by atoms with Crippen LogP contribution in [0.25, 0.3) is 0 Å². The molecule has 0 aromatic rings. The SMILES string of the molecule is CC/C=C\C/C=C\CCCC(=O)NCCOCCC. The van der Waals surface area contributed by atoms with Gasteiger partial charge in [0.15, 0.2) is 0 Å². The molecule has 1 amide bonds. The molecule has 0 saturated heterocycles. The minimum absolute atomic E-state index is 0.124. The van der Waals surface area contributed by atoms with E-state index in [1.165, 1.54) is 0 Å². The minimum atomic E-state index is 0.124. The number of nitrogens with one attached hydrogen (secondary N) is 1. The van der Waals surface area contributed by atoms with Crippen LogP contribution in [0.15, 0.2) is 24.3 Å². The van der Waals surface area contributed by atoms with E-state index in [1.54, 1.807) is 0 Å². The van der Waals surface area contributed by atoms with Crippen LogP contribution >= 0.6 is 0 Å². The minimum Gasteiger partial charge on any atom is -0.380 e. The Hall–Kier alpha value is -1.09. The van der Waals surface area contributed by atoms with Gasteiger partial charge in [-0.15, -0.1) is 0 Å². The molecule has 19 heavy (non-hydrogen) atoms. The van der Waals surface area contributed by atoms with Gasteiger partial charge in [0.05, 0.1) is 6.61 Å². The van der Waals surface area contributed by atoms with Gasteiger partial charge in [0.2, 0.25) is 5.91 Å². The van der Waals surface area contributed by atoms with Crippen molar-refractivity contribution in [1.29, 1.82) is 0 Å². The fourth-order valence-electron chi connectivity index (χ4n) is 1.53. The number of hydrogen-bond donors (Lipinski definition) is 1. The summed E-state index contributed by atoms with van der Waals surface area (Å²) in [6.07, 6.45) is 14.2. The number of carbonyl (C=O) groups is 1. The van der Waals surface area contributed by atoms with Gasteiger partial charge in [-0.05, 0) is 32.1 Å². The van der Waals surface area contributed by atoms with Gasteiger partial charge >= 0.3 is 0 Å². The Morgan fingerprint density at radius 2 is 1.89 bits per heavy atom. The number of unbranched alkanes of at least 4 members (excludes halogenated alkanes) is 1. The zero-order chi connectivity index (χ0) is 14.2. The second kappa shape index (κ2) is 15.0. The van der Waals surface area contributed by atoms with Gasteiger partial charge in [-0.1, -0.05) is 38.2 Å². The first-order chi connectivity index (χ1) is 9.31. The van der Waals surface area contributed by atoms with E-state index in [0.29, 0.717) is 19.6 Å². The quantitative estimate of drug-likeness (QED) is 0.433. The third kappa shape index (κ3) is 14.9. The lowest BCUT2D eigenvalue weighted by Gasteiger charge is -2.05. The lowest BCUT2D eigenvalue weighted by atomic mass is 10.2. The van der Waals surface area contributed by atoms with E-state index in [2.05, 4.69) is 43.5 Å². The predicted molar refractivity (Wildman–Crippen MR) is 81.2 cm³/mol. The normalized spacial score (nSPS) is 11.5. The predicted octanol–water partition coefficient (Wildman–Crippen LogP) is 3.61. The Bertz CT molecular complexity index is 259. The Balaban J connectivity index is 3.31. The topological polar surface area (TPSA) is 38.3 Å². The summed E-state index contributed by atoms with van der Waals surface area (Å²) in [4.78, 5) is 11.4. The maximum absolute atomic E-state index is 11.4. The molecule has 0 radical (unpaired) electrons. The summed E-state index contributed by atoms with van der Waals surface area (Å²) in [7, 11) is 0. The molecular weight excluding hydrogens is 238 g/mol. The van der Waals surface area contributed by atoms with E-state index in [1.807, 2.05) is 0 Å². The zero-order valence-corrected chi connectivity index (χ0v) is 12.5. The van der Waals surface area contributed by atoms with Crippen molar-refractivity contribution in [3.05, 3.63) is 24.3 Å². The van der Waals surface area contributed by atoms with Crippen molar-refractivity contribution in [3.8, 4) is 0 Å². The fraction of sp³-hybridized carbons (Fsp3) is 0.688. The van der Waals surface area contributed by atoms with Crippen LogP contribution in [0.3, 0.4) is 0 Å². The Kier molecular flexibility index (Phi) is 14.1. The molecule has 1 N–H and O–H groups in total. The van der Waals surface area contributed by atoms with Gasteiger partial charge in [0.25, 0.3) is 0 Å². The van der Waals surface area contributed by atoms with Crippen LogP contribution in [0.4, 0.5) is 0 Å². The third-order valence-corrected chi connectivity index (χ3v) is 2.53. The maximum Gasteiger partial charge on any atom is 0.220 e. The first kappa shape index (κ1) is 17.9. The average Bonchev–Trinajstić information content (AvgIpc) is 2.41. The maximum atomic E-state index is 11.4. The number of ether oxygens (including phenoxy) is 1. The Labute approximate surface area is 118 Å². The number of allylic oxidation sites excluding steroid dienone is 4. The molecule has 0 bridgehead atoms. The highest BCUT2D eigenvalue weighted by Gasteiger charge is 1.98. The highest BCUT2D eigenvalue weighted by molar-refractivity contribution is 5.75. The molecule has 0 spiro atoms. The summed E-state index contributed by atoms with van der Waals surface area (Å²) < 4.78 is 5.29. The zero-order valence-electron chi connectivity index (χ0n) is 12.5. The van der Waals surface area contributed by atoms with E-state index in [0.717, 1.165) is 38.7 Å². The van der Waals surface area contributed by atoms with E-state index in [-0.39, 0.29) is 5.91 Å². The number of rotatable bonds is 12. The molecule has 0 saturated carbocycles. The third-order valence-electron chi connectivity index (χ3n) is 2.53. The molecule has 0 rings (SSSR count). The second-order valence-corrected chi connectivity index (χ2v) is 4.44. The van der Waals surface area contributed by atoms with E-state index in [9.17, 15) is 4.79 Å². The fourth-order valence-corrected chi connectivity index (χ4v) is 1.53. The van der Waals surface area contributed by atoms with Crippen molar-refractivity contribution in [2.45, 2.75) is 52.4 Å². The molecule has 0 unspecified atom stereocenters. The standard InChI is InChI=1S/C16H29NO2/c1-3-5-6-7-8-9-10-11-12-16(18)17-13-15-19-14-4-2/h5-6,8-9H,3-4,7,10-15H2,1-2H3,(H,17,18)/b6-5-,9-8-. The Morgan fingerprint density at radius 3 is 2.63 bits per heavy atom. The van der Waals surface area contributed by atoms with Gasteiger partial charge in [-0.3, -0.25) is 4.79 Å². The summed E-state index contributed by atoms with van der Waals surface area (Å²) in [6, 6.07) is 0. The largest absolute Gasteiger partial charge is 0.380 e. The molecule has 0 aliphatic rings. The lowest BCUT2D eigenvalue weighted by molar-refractivity contribution is -0.121. The Morgan fingerprint density at radius 1 is 1.11 bits per heavy atom. The van der Waals surface area contributed by atoms with Gasteiger partial charge < -0.3 is 10.1 Å².